The van der Waals surface area contributed by atoms with Gasteiger partial charge in [0.25, 0.3) is 5.89 Å². The van der Waals surface area contributed by atoms with Gasteiger partial charge < -0.3 is 15.1 Å². The van der Waals surface area contributed by atoms with Crippen molar-refractivity contribution in [1.29, 1.82) is 0 Å². The van der Waals surface area contributed by atoms with E-state index in [-0.39, 0.29) is 23.5 Å². The minimum absolute atomic E-state index is 0.0921. The summed E-state index contributed by atoms with van der Waals surface area (Å²) in [5.41, 5.74) is 7.88. The Labute approximate surface area is 178 Å². The van der Waals surface area contributed by atoms with E-state index in [1.165, 1.54) is 18.5 Å². The Kier molecular flexibility index (Phi) is 6.32. The van der Waals surface area contributed by atoms with Crippen LogP contribution in [0.3, 0.4) is 0 Å². The molecule has 0 aliphatic heterocycles. The van der Waals surface area contributed by atoms with Crippen molar-refractivity contribution in [3.05, 3.63) is 72.8 Å². The van der Waals surface area contributed by atoms with Gasteiger partial charge in [0, 0.05) is 30.4 Å². The number of oxazole rings is 1. The topological polar surface area (TPSA) is 116 Å². The largest absolute Gasteiger partial charge is 0.442 e. The number of ketones is 1. The number of benzene rings is 1. The molecule has 0 aliphatic rings. The average molecular weight is 422 g/mol. The van der Waals surface area contributed by atoms with Crippen molar-refractivity contribution in [1.82, 2.24) is 24.7 Å². The third kappa shape index (κ3) is 4.95. The van der Waals surface area contributed by atoms with Crippen LogP contribution >= 0.6 is 0 Å². The van der Waals surface area contributed by atoms with Crippen LogP contribution in [0, 0.1) is 5.82 Å². The Hall–Kier alpha value is -3.59. The number of carbonyl (C=O) groups is 1. The van der Waals surface area contributed by atoms with Gasteiger partial charge in [-0.25, -0.2) is 19.0 Å². The summed E-state index contributed by atoms with van der Waals surface area (Å²) in [6, 6.07) is 6.42. The Balaban J connectivity index is 1.28. The van der Waals surface area contributed by atoms with E-state index >= 15 is 0 Å². The lowest BCUT2D eigenvalue weighted by Gasteiger charge is -2.09. The fraction of sp³-hybridized carbons (Fsp3) is 0.273. The zero-order chi connectivity index (χ0) is 21.6. The van der Waals surface area contributed by atoms with Crippen LogP contribution in [0.1, 0.15) is 54.7 Å². The molecule has 1 aromatic carbocycles. The number of H-pyrrole nitrogens is 1. The minimum Gasteiger partial charge on any atom is -0.442 e. The van der Waals surface area contributed by atoms with Gasteiger partial charge in [-0.1, -0.05) is 12.8 Å². The summed E-state index contributed by atoms with van der Waals surface area (Å²) in [6.45, 7) is 0. The smallest absolute Gasteiger partial charge is 0.263 e. The molecule has 3 N–H and O–H groups in total. The molecule has 9 heteroatoms. The third-order valence-corrected chi connectivity index (χ3v) is 5.05. The number of aromatic nitrogens is 5. The van der Waals surface area contributed by atoms with E-state index in [2.05, 4.69) is 20.1 Å². The highest BCUT2D eigenvalue weighted by Gasteiger charge is 2.15. The number of hydrogen-bond acceptors (Lipinski definition) is 6. The normalized spacial score (nSPS) is 12.2. The lowest BCUT2D eigenvalue weighted by atomic mass is 10.1. The van der Waals surface area contributed by atoms with E-state index in [9.17, 15) is 9.18 Å². The van der Waals surface area contributed by atoms with Crippen molar-refractivity contribution in [3.63, 3.8) is 0 Å². The maximum atomic E-state index is 14.6. The van der Waals surface area contributed by atoms with Crippen LogP contribution in [0.25, 0.3) is 16.9 Å². The Morgan fingerprint density at radius 2 is 2.13 bits per heavy atom. The molecule has 0 aliphatic carbocycles. The van der Waals surface area contributed by atoms with E-state index < -0.39 is 0 Å². The standard InChI is InChI=1S/C22H23FN6O2/c23-17-13-15(29-11-4-9-27-29)7-8-16(17)19-14-26-21(28-19)18(24)5-2-1-3-6-20(30)22-25-10-12-31-22/h4,7-14,18H,1-3,5-6,24H2,(H,26,28)/t18-/m0/s1. The first-order valence-electron chi connectivity index (χ1n) is 10.1. The Morgan fingerprint density at radius 1 is 1.23 bits per heavy atom. The van der Waals surface area contributed by atoms with Crippen molar-refractivity contribution >= 4 is 5.78 Å². The second kappa shape index (κ2) is 9.48. The van der Waals surface area contributed by atoms with Crippen LogP contribution in [0.4, 0.5) is 4.39 Å². The first-order chi connectivity index (χ1) is 15.1. The molecule has 0 unspecified atom stereocenters. The molecule has 3 aromatic heterocycles. The van der Waals surface area contributed by atoms with Crippen LogP contribution in [-0.2, 0) is 0 Å². The maximum absolute atomic E-state index is 14.6. The second-order valence-corrected chi connectivity index (χ2v) is 7.26. The molecular formula is C22H23FN6O2. The number of nitrogens with zero attached hydrogens (tertiary/aromatic N) is 4. The lowest BCUT2D eigenvalue weighted by Crippen LogP contribution is -2.12. The molecule has 8 nitrogen and oxygen atoms in total. The lowest BCUT2D eigenvalue weighted by molar-refractivity contribution is 0.0945. The van der Waals surface area contributed by atoms with E-state index in [4.69, 9.17) is 10.2 Å². The number of imidazole rings is 1. The summed E-state index contributed by atoms with van der Waals surface area (Å²) in [5.74, 6) is 0.309. The number of halogens is 1. The minimum atomic E-state index is -0.368. The van der Waals surface area contributed by atoms with Gasteiger partial charge in [0.2, 0.25) is 5.78 Å². The molecular weight excluding hydrogens is 399 g/mol. The molecule has 160 valence electrons. The van der Waals surface area contributed by atoms with Crippen LogP contribution < -0.4 is 5.73 Å². The number of aromatic amines is 1. The number of unbranched alkanes of at least 4 members (excludes halogenated alkanes) is 2. The number of Topliss-reactive ketones (excluding diaryl/α,β-unsaturated/α-hetero) is 1. The summed E-state index contributed by atoms with van der Waals surface area (Å²) in [7, 11) is 0. The van der Waals surface area contributed by atoms with Crippen LogP contribution in [-0.4, -0.2) is 30.5 Å². The van der Waals surface area contributed by atoms with Gasteiger partial charge in [0.15, 0.2) is 0 Å². The number of carbonyl (C=O) groups excluding carboxylic acids is 1. The molecule has 4 aromatic rings. The van der Waals surface area contributed by atoms with E-state index in [0.717, 1.165) is 19.3 Å². The zero-order valence-electron chi connectivity index (χ0n) is 16.9. The second-order valence-electron chi connectivity index (χ2n) is 7.26. The van der Waals surface area contributed by atoms with Gasteiger partial charge in [-0.2, -0.15) is 5.10 Å². The van der Waals surface area contributed by atoms with Crippen molar-refractivity contribution in [3.8, 4) is 16.9 Å². The van der Waals surface area contributed by atoms with Crippen LogP contribution in [0.5, 0.6) is 0 Å². The molecule has 0 spiro atoms. The summed E-state index contributed by atoms with van der Waals surface area (Å²) in [6.07, 6.45) is 11.4. The predicted octanol–water partition coefficient (Wildman–Crippen LogP) is 4.22. The highest BCUT2D eigenvalue weighted by molar-refractivity contribution is 5.91. The van der Waals surface area contributed by atoms with E-state index in [1.54, 1.807) is 41.5 Å². The van der Waals surface area contributed by atoms with Gasteiger partial charge in [-0.3, -0.25) is 4.79 Å². The first-order valence-corrected chi connectivity index (χ1v) is 10.1. The fourth-order valence-corrected chi connectivity index (χ4v) is 3.38. The van der Waals surface area contributed by atoms with E-state index in [1.807, 2.05) is 0 Å². The van der Waals surface area contributed by atoms with Gasteiger partial charge >= 0.3 is 0 Å². The fourth-order valence-electron chi connectivity index (χ4n) is 3.38. The van der Waals surface area contributed by atoms with Crippen molar-refractivity contribution in [2.45, 2.75) is 38.1 Å². The number of hydrogen-bond donors (Lipinski definition) is 2. The molecule has 0 saturated heterocycles. The van der Waals surface area contributed by atoms with Gasteiger partial charge in [-0.15, -0.1) is 0 Å². The number of nitrogens with one attached hydrogen (secondary N) is 1. The Bertz CT molecular complexity index is 1120. The summed E-state index contributed by atoms with van der Waals surface area (Å²) in [5, 5.41) is 4.11. The summed E-state index contributed by atoms with van der Waals surface area (Å²) in [4.78, 5) is 23.2. The molecule has 31 heavy (non-hydrogen) atoms. The molecule has 4 rings (SSSR count). The van der Waals surface area contributed by atoms with Gasteiger partial charge in [0.05, 0.1) is 29.8 Å². The zero-order valence-corrected chi connectivity index (χ0v) is 16.9. The van der Waals surface area contributed by atoms with Crippen LogP contribution in [0.15, 0.2) is 59.7 Å². The monoisotopic (exact) mass is 422 g/mol. The van der Waals surface area contributed by atoms with E-state index in [0.29, 0.717) is 35.6 Å². The highest BCUT2D eigenvalue weighted by Crippen LogP contribution is 2.25. The molecule has 0 amide bonds. The van der Waals surface area contributed by atoms with Gasteiger partial charge in [-0.05, 0) is 31.0 Å². The van der Waals surface area contributed by atoms with Crippen molar-refractivity contribution in [2.24, 2.45) is 5.73 Å². The SMILES string of the molecule is N[C@@H](CCCCCC(=O)c1ncco1)c1ncc(-c2ccc(-n3cccn3)cc2F)[nH]1. The van der Waals surface area contributed by atoms with Gasteiger partial charge in [0.1, 0.15) is 17.9 Å². The number of rotatable bonds is 10. The predicted molar refractivity (Wildman–Crippen MR) is 112 cm³/mol. The van der Waals surface area contributed by atoms with Crippen LogP contribution in [0.2, 0.25) is 0 Å². The first kappa shape index (κ1) is 20.7. The molecule has 3 heterocycles. The molecule has 0 saturated carbocycles. The molecule has 0 radical (unpaired) electrons. The third-order valence-electron chi connectivity index (χ3n) is 5.05. The van der Waals surface area contributed by atoms with Crippen molar-refractivity contribution < 1.29 is 13.6 Å². The Morgan fingerprint density at radius 3 is 2.87 bits per heavy atom. The molecule has 1 atom stereocenters. The van der Waals surface area contributed by atoms with Crippen molar-refractivity contribution in [2.75, 3.05) is 0 Å². The quantitative estimate of drug-likeness (QED) is 0.292. The highest BCUT2D eigenvalue weighted by atomic mass is 19.1. The summed E-state index contributed by atoms with van der Waals surface area (Å²) >= 11 is 0. The number of nitrogens with two attached hydrogens (primary N) is 1. The molecule has 0 bridgehead atoms. The average Bonchev–Trinajstić information content (AvgIpc) is 3.55. The molecule has 0 fully saturated rings. The maximum Gasteiger partial charge on any atom is 0.263 e. The summed E-state index contributed by atoms with van der Waals surface area (Å²) < 4.78 is 21.2.